The van der Waals surface area contributed by atoms with E-state index in [0.29, 0.717) is 0 Å². The number of carboxylic acid groups (broad SMARTS) is 1. The van der Waals surface area contributed by atoms with E-state index in [4.69, 9.17) is 16.6 Å². The minimum atomic E-state index is -1.69. The van der Waals surface area contributed by atoms with Crippen LogP contribution in [0.25, 0.3) is 10.9 Å². The summed E-state index contributed by atoms with van der Waals surface area (Å²) < 4.78 is 0. The van der Waals surface area contributed by atoms with E-state index in [1.807, 2.05) is 29.6 Å². The number of hydrogen-bond donors (Lipinski definition) is 9. The number of aromatic nitrogens is 1. The molecule has 0 saturated heterocycles. The SMILES string of the molecule is CC(O)C(NC(=O)C(CO)NC(=O)C(N)Cc1c[nH]c2ccccc12)C(=O)NC(CC(N)=O)C(=O)O. The van der Waals surface area contributed by atoms with Crippen LogP contribution < -0.4 is 27.4 Å². The summed E-state index contributed by atoms with van der Waals surface area (Å²) in [5, 5.41) is 36.0. The first kappa shape index (κ1) is 28.2. The number of amides is 4. The zero-order chi connectivity index (χ0) is 27.0. The average molecular weight is 507 g/mol. The first-order chi connectivity index (χ1) is 16.9. The average Bonchev–Trinajstić information content (AvgIpc) is 3.22. The van der Waals surface area contributed by atoms with E-state index in [0.717, 1.165) is 23.4 Å². The molecule has 196 valence electrons. The Morgan fingerprint density at radius 1 is 1.00 bits per heavy atom. The molecule has 0 radical (unpaired) electrons. The Labute approximate surface area is 205 Å². The Balaban J connectivity index is 2.03. The van der Waals surface area contributed by atoms with Gasteiger partial charge in [-0.15, -0.1) is 0 Å². The van der Waals surface area contributed by atoms with Gasteiger partial charge >= 0.3 is 5.97 Å². The van der Waals surface area contributed by atoms with Gasteiger partial charge in [-0.2, -0.15) is 0 Å². The second-order valence-electron chi connectivity index (χ2n) is 8.21. The van der Waals surface area contributed by atoms with Gasteiger partial charge in [0.25, 0.3) is 0 Å². The van der Waals surface area contributed by atoms with E-state index in [9.17, 15) is 34.2 Å². The topological polar surface area (TPSA) is 250 Å². The number of nitrogens with one attached hydrogen (secondary N) is 4. The van der Waals surface area contributed by atoms with Crippen LogP contribution in [-0.2, 0) is 30.4 Å². The van der Waals surface area contributed by atoms with Crippen molar-refractivity contribution in [3.05, 3.63) is 36.0 Å². The molecule has 0 bridgehead atoms. The van der Waals surface area contributed by atoms with Crippen LogP contribution in [0.4, 0.5) is 0 Å². The molecule has 36 heavy (non-hydrogen) atoms. The molecule has 11 N–H and O–H groups in total. The van der Waals surface area contributed by atoms with Crippen LogP contribution in [0, 0.1) is 0 Å². The number of aromatic amines is 1. The van der Waals surface area contributed by atoms with E-state index in [-0.39, 0.29) is 6.42 Å². The molecular weight excluding hydrogens is 476 g/mol. The van der Waals surface area contributed by atoms with Gasteiger partial charge in [-0.25, -0.2) is 4.79 Å². The first-order valence-corrected chi connectivity index (χ1v) is 11.0. The zero-order valence-corrected chi connectivity index (χ0v) is 19.4. The molecule has 0 aliphatic heterocycles. The van der Waals surface area contributed by atoms with Gasteiger partial charge in [-0.3, -0.25) is 19.2 Å². The maximum atomic E-state index is 12.6. The van der Waals surface area contributed by atoms with Gasteiger partial charge < -0.3 is 47.7 Å². The molecule has 1 heterocycles. The summed E-state index contributed by atoms with van der Waals surface area (Å²) in [6.45, 7) is 0.295. The molecule has 4 amide bonds. The fourth-order valence-electron chi connectivity index (χ4n) is 3.42. The molecule has 1 aromatic carbocycles. The second-order valence-corrected chi connectivity index (χ2v) is 8.21. The number of primary amides is 1. The molecule has 5 unspecified atom stereocenters. The van der Waals surface area contributed by atoms with E-state index < -0.39 is 72.9 Å². The predicted octanol–water partition coefficient (Wildman–Crippen LogP) is -3.17. The lowest BCUT2D eigenvalue weighted by Gasteiger charge is -2.25. The van der Waals surface area contributed by atoms with Crippen LogP contribution in [0.1, 0.15) is 18.9 Å². The summed E-state index contributed by atoms with van der Waals surface area (Å²) >= 11 is 0. The van der Waals surface area contributed by atoms with Crippen molar-refractivity contribution in [1.29, 1.82) is 0 Å². The highest BCUT2D eigenvalue weighted by Crippen LogP contribution is 2.18. The number of H-pyrrole nitrogens is 1. The molecule has 0 aliphatic carbocycles. The summed E-state index contributed by atoms with van der Waals surface area (Å²) in [6.07, 6.45) is -0.380. The second kappa shape index (κ2) is 12.6. The van der Waals surface area contributed by atoms with E-state index in [1.165, 1.54) is 0 Å². The number of aliphatic carboxylic acids is 1. The fourth-order valence-corrected chi connectivity index (χ4v) is 3.42. The van der Waals surface area contributed by atoms with Gasteiger partial charge in [0.15, 0.2) is 0 Å². The van der Waals surface area contributed by atoms with Crippen LogP contribution in [0.15, 0.2) is 30.5 Å². The highest BCUT2D eigenvalue weighted by molar-refractivity contribution is 5.95. The van der Waals surface area contributed by atoms with E-state index in [1.54, 1.807) is 6.20 Å². The van der Waals surface area contributed by atoms with Crippen LogP contribution >= 0.6 is 0 Å². The van der Waals surface area contributed by atoms with Gasteiger partial charge in [0.2, 0.25) is 23.6 Å². The van der Waals surface area contributed by atoms with Crippen molar-refractivity contribution in [2.45, 2.75) is 50.0 Å². The molecule has 0 saturated carbocycles. The van der Waals surface area contributed by atoms with Gasteiger partial charge in [-0.1, -0.05) is 18.2 Å². The molecule has 0 aliphatic rings. The van der Waals surface area contributed by atoms with Crippen molar-refractivity contribution >= 4 is 40.5 Å². The highest BCUT2D eigenvalue weighted by atomic mass is 16.4. The van der Waals surface area contributed by atoms with E-state index in [2.05, 4.69) is 15.6 Å². The maximum Gasteiger partial charge on any atom is 0.326 e. The third-order valence-electron chi connectivity index (χ3n) is 5.35. The minimum Gasteiger partial charge on any atom is -0.480 e. The monoisotopic (exact) mass is 506 g/mol. The lowest BCUT2D eigenvalue weighted by atomic mass is 10.0. The molecule has 14 heteroatoms. The fraction of sp³-hybridized carbons (Fsp3) is 0.409. The highest BCUT2D eigenvalue weighted by Gasteiger charge is 2.33. The third-order valence-corrected chi connectivity index (χ3v) is 5.35. The number of carbonyl (C=O) groups excluding carboxylic acids is 4. The first-order valence-electron chi connectivity index (χ1n) is 11.0. The summed E-state index contributed by atoms with van der Waals surface area (Å²) in [4.78, 5) is 63.0. The lowest BCUT2D eigenvalue weighted by molar-refractivity contribution is -0.144. The van der Waals surface area contributed by atoms with Crippen LogP contribution in [0.3, 0.4) is 0 Å². The molecule has 14 nitrogen and oxygen atoms in total. The van der Waals surface area contributed by atoms with E-state index >= 15 is 0 Å². The molecular formula is C22H30N6O8. The van der Waals surface area contributed by atoms with Gasteiger partial charge in [-0.05, 0) is 25.0 Å². The van der Waals surface area contributed by atoms with Gasteiger partial charge in [0, 0.05) is 17.1 Å². The summed E-state index contributed by atoms with van der Waals surface area (Å²) in [7, 11) is 0. The number of carboxylic acids is 1. The molecule has 0 fully saturated rings. The normalized spacial score (nSPS) is 15.2. The molecule has 1 aromatic heterocycles. The number of para-hydroxylation sites is 1. The predicted molar refractivity (Wildman–Crippen MR) is 126 cm³/mol. The molecule has 2 aromatic rings. The van der Waals surface area contributed by atoms with Crippen molar-refractivity contribution < 1.29 is 39.3 Å². The largest absolute Gasteiger partial charge is 0.480 e. The van der Waals surface area contributed by atoms with Gasteiger partial charge in [0.05, 0.1) is 25.2 Å². The number of fused-ring (bicyclic) bond motifs is 1. The standard InChI is InChI=1S/C22H30N6O8/c1-10(30)18(21(34)26-15(22(35)36)7-17(24)31)28-20(33)16(9-29)27-19(32)13(23)6-11-8-25-14-5-3-2-4-12(11)14/h2-5,8,10,13,15-16,18,25,29-30H,6-7,9,23H2,1H3,(H2,24,31)(H,26,34)(H,27,32)(H,28,33)(H,35,36). The number of nitrogens with two attached hydrogens (primary N) is 2. The molecule has 2 rings (SSSR count). The van der Waals surface area contributed by atoms with Crippen molar-refractivity contribution in [3.63, 3.8) is 0 Å². The number of aliphatic hydroxyl groups is 2. The summed E-state index contributed by atoms with van der Waals surface area (Å²) in [5.41, 5.74) is 12.6. The van der Waals surface area contributed by atoms with Crippen molar-refractivity contribution in [2.75, 3.05) is 6.61 Å². The smallest absolute Gasteiger partial charge is 0.326 e. The Morgan fingerprint density at radius 2 is 1.64 bits per heavy atom. The zero-order valence-electron chi connectivity index (χ0n) is 19.4. The number of aliphatic hydroxyl groups excluding tert-OH is 2. The molecule has 5 atom stereocenters. The quantitative estimate of drug-likeness (QED) is 0.133. The van der Waals surface area contributed by atoms with Crippen molar-refractivity contribution in [2.24, 2.45) is 11.5 Å². The Morgan fingerprint density at radius 3 is 2.22 bits per heavy atom. The summed E-state index contributed by atoms with van der Waals surface area (Å²) in [6, 6.07) is 1.43. The number of hydrogen-bond acceptors (Lipinski definition) is 8. The Kier molecular flexibility index (Phi) is 9.90. The number of benzene rings is 1. The maximum absolute atomic E-state index is 12.6. The van der Waals surface area contributed by atoms with Crippen molar-refractivity contribution in [1.82, 2.24) is 20.9 Å². The third kappa shape index (κ3) is 7.49. The van der Waals surface area contributed by atoms with Crippen LogP contribution in [0.5, 0.6) is 0 Å². The number of rotatable bonds is 13. The Hall–Kier alpha value is -4.01. The number of carbonyl (C=O) groups is 5. The lowest BCUT2D eigenvalue weighted by Crippen LogP contribution is -2.60. The molecule has 0 spiro atoms. The van der Waals surface area contributed by atoms with Crippen LogP contribution in [-0.4, -0.2) is 86.8 Å². The van der Waals surface area contributed by atoms with Crippen molar-refractivity contribution in [3.8, 4) is 0 Å². The van der Waals surface area contributed by atoms with Crippen LogP contribution in [0.2, 0.25) is 0 Å². The minimum absolute atomic E-state index is 0.130. The summed E-state index contributed by atoms with van der Waals surface area (Å²) in [5.74, 6) is -5.45. The Bertz CT molecular complexity index is 1120. The van der Waals surface area contributed by atoms with Gasteiger partial charge in [0.1, 0.15) is 18.1 Å².